The first-order valence-electron chi connectivity index (χ1n) is 8.63. The van der Waals surface area contributed by atoms with E-state index in [0.717, 1.165) is 26.0 Å². The van der Waals surface area contributed by atoms with E-state index in [4.69, 9.17) is 0 Å². The summed E-state index contributed by atoms with van der Waals surface area (Å²) in [4.78, 5) is 11.0. The van der Waals surface area contributed by atoms with Gasteiger partial charge in [-0.15, -0.1) is 0 Å². The zero-order chi connectivity index (χ0) is 24.2. The van der Waals surface area contributed by atoms with E-state index in [1.807, 2.05) is 0 Å². The van der Waals surface area contributed by atoms with Crippen LogP contribution in [0, 0.1) is 11.6 Å². The highest BCUT2D eigenvalue weighted by molar-refractivity contribution is 9.10. The molecule has 0 bridgehead atoms. The number of carbonyl (C=O) groups is 1. The Balaban J connectivity index is 0.000000311. The predicted octanol–water partition coefficient (Wildman–Crippen LogP) is 6.69. The van der Waals surface area contributed by atoms with Crippen molar-refractivity contribution in [2.24, 2.45) is 0 Å². The molecule has 2 rings (SSSR count). The lowest BCUT2D eigenvalue weighted by Gasteiger charge is -2.29. The number of rotatable bonds is 5. The molecule has 0 unspecified atom stereocenters. The summed E-state index contributed by atoms with van der Waals surface area (Å²) in [7, 11) is 0. The summed E-state index contributed by atoms with van der Waals surface area (Å²) in [5.74, 6) is -11.6. The number of alkyl halides is 4. The second kappa shape index (κ2) is 10.4. The molecular formula is C20H18Br2F6O3. The van der Waals surface area contributed by atoms with Crippen molar-refractivity contribution < 1.29 is 41.0 Å². The third-order valence-electron chi connectivity index (χ3n) is 3.88. The number of hydrogen-bond acceptors (Lipinski definition) is 3. The maximum atomic E-state index is 13.6. The fourth-order valence-corrected chi connectivity index (χ4v) is 2.89. The number of esters is 1. The Labute approximate surface area is 191 Å². The molecule has 0 aliphatic heterocycles. The maximum absolute atomic E-state index is 13.6. The molecule has 0 fully saturated rings. The van der Waals surface area contributed by atoms with Crippen molar-refractivity contribution in [3.63, 3.8) is 0 Å². The minimum atomic E-state index is -3.98. The van der Waals surface area contributed by atoms with Gasteiger partial charge in [-0.25, -0.2) is 13.6 Å². The summed E-state index contributed by atoms with van der Waals surface area (Å²) in [6.45, 7) is 3.08. The van der Waals surface area contributed by atoms with Crippen molar-refractivity contribution in [1.82, 2.24) is 0 Å². The topological polar surface area (TPSA) is 46.5 Å². The molecule has 0 saturated carbocycles. The highest BCUT2D eigenvalue weighted by Crippen LogP contribution is 2.41. The van der Waals surface area contributed by atoms with Crippen LogP contribution in [0.3, 0.4) is 0 Å². The van der Waals surface area contributed by atoms with Gasteiger partial charge in [-0.2, -0.15) is 17.6 Å². The molecule has 0 spiro atoms. The quantitative estimate of drug-likeness (QED) is 0.317. The van der Waals surface area contributed by atoms with E-state index >= 15 is 0 Å². The van der Waals surface area contributed by atoms with Crippen LogP contribution >= 0.6 is 31.9 Å². The molecule has 0 heterocycles. The number of benzene rings is 2. The Hall–Kier alpha value is -1.59. The van der Waals surface area contributed by atoms with E-state index in [-0.39, 0.29) is 15.6 Å². The summed E-state index contributed by atoms with van der Waals surface area (Å²) in [5.41, 5.74) is -4.13. The Morgan fingerprint density at radius 3 is 1.77 bits per heavy atom. The van der Waals surface area contributed by atoms with E-state index in [2.05, 4.69) is 36.6 Å². The zero-order valence-corrected chi connectivity index (χ0v) is 19.6. The van der Waals surface area contributed by atoms with Gasteiger partial charge in [0.05, 0.1) is 26.7 Å². The molecule has 31 heavy (non-hydrogen) atoms. The number of hydrogen-bond donors (Lipinski definition) is 1. The Morgan fingerprint density at radius 1 is 0.935 bits per heavy atom. The van der Waals surface area contributed by atoms with Crippen molar-refractivity contribution >= 4 is 37.8 Å². The first-order chi connectivity index (χ1) is 14.1. The highest BCUT2D eigenvalue weighted by atomic mass is 79.9. The van der Waals surface area contributed by atoms with Gasteiger partial charge in [0.2, 0.25) is 0 Å². The van der Waals surface area contributed by atoms with Crippen LogP contribution in [-0.4, -0.2) is 23.3 Å². The summed E-state index contributed by atoms with van der Waals surface area (Å²) in [6, 6.07) is 6.90. The largest absolute Gasteiger partial charge is 0.461 e. The summed E-state index contributed by atoms with van der Waals surface area (Å²) < 4.78 is 84.8. The second-order valence-electron chi connectivity index (χ2n) is 6.63. The minimum Gasteiger partial charge on any atom is -0.461 e. The Kier molecular flexibility index (Phi) is 9.16. The average molecular weight is 580 g/mol. The summed E-state index contributed by atoms with van der Waals surface area (Å²) in [6.07, 6.45) is 0. The first-order valence-corrected chi connectivity index (χ1v) is 10.2. The SMILES string of the molecule is CC(C)(O)C(F)(F)c1cccc(Br)c1F.CCOC(=O)C(F)(F)c1cccc(Br)c1F. The summed E-state index contributed by atoms with van der Waals surface area (Å²) in [5, 5.41) is 9.28. The Morgan fingerprint density at radius 2 is 1.35 bits per heavy atom. The monoisotopic (exact) mass is 578 g/mol. The molecule has 11 heteroatoms. The predicted molar refractivity (Wildman–Crippen MR) is 109 cm³/mol. The normalized spacial score (nSPS) is 12.1. The maximum Gasteiger partial charge on any atom is 0.382 e. The molecule has 1 N–H and O–H groups in total. The van der Waals surface area contributed by atoms with Gasteiger partial charge in [0.25, 0.3) is 0 Å². The first kappa shape index (κ1) is 27.4. The van der Waals surface area contributed by atoms with Crippen LogP contribution in [0.4, 0.5) is 26.3 Å². The molecule has 2 aromatic rings. The van der Waals surface area contributed by atoms with Crippen LogP contribution in [0.2, 0.25) is 0 Å². The zero-order valence-electron chi connectivity index (χ0n) is 16.5. The lowest BCUT2D eigenvalue weighted by molar-refractivity contribution is -0.173. The van der Waals surface area contributed by atoms with Crippen molar-refractivity contribution in [3.8, 4) is 0 Å². The standard InChI is InChI=1S/C10H8BrF3O2.C10H10BrF3O/c1-2-16-9(15)10(13,14)6-4-3-5-7(11)8(6)12;1-9(2,15)10(13,14)6-4-3-5-7(11)8(6)12/h3-5H,2H2,1H3;3-5,15H,1-2H3. The molecular weight excluding hydrogens is 562 g/mol. The van der Waals surface area contributed by atoms with Gasteiger partial charge in [0.1, 0.15) is 17.2 Å². The lowest BCUT2D eigenvalue weighted by Crippen LogP contribution is -2.40. The smallest absolute Gasteiger partial charge is 0.382 e. The van der Waals surface area contributed by atoms with Crippen molar-refractivity contribution in [2.45, 2.75) is 38.2 Å². The van der Waals surface area contributed by atoms with Gasteiger partial charge in [0.15, 0.2) is 0 Å². The summed E-state index contributed by atoms with van der Waals surface area (Å²) >= 11 is 5.58. The Bertz CT molecular complexity index is 930. The fraction of sp³-hybridized carbons (Fsp3) is 0.350. The third-order valence-corrected chi connectivity index (χ3v) is 5.10. The fourth-order valence-electron chi connectivity index (χ4n) is 2.15. The van der Waals surface area contributed by atoms with Crippen molar-refractivity contribution in [1.29, 1.82) is 0 Å². The van der Waals surface area contributed by atoms with E-state index in [0.29, 0.717) is 0 Å². The second-order valence-corrected chi connectivity index (χ2v) is 8.34. The molecule has 172 valence electrons. The minimum absolute atomic E-state index is 0.0519. The van der Waals surface area contributed by atoms with Crippen LogP contribution in [0.5, 0.6) is 0 Å². The number of carbonyl (C=O) groups excluding carboxylic acids is 1. The molecule has 0 amide bonds. The molecule has 2 aromatic carbocycles. The molecule has 0 aromatic heterocycles. The van der Waals surface area contributed by atoms with Gasteiger partial charge in [-0.1, -0.05) is 12.1 Å². The van der Waals surface area contributed by atoms with Crippen molar-refractivity contribution in [2.75, 3.05) is 6.61 Å². The van der Waals surface area contributed by atoms with Crippen LogP contribution in [-0.2, 0) is 21.4 Å². The molecule has 0 atom stereocenters. The van der Waals surface area contributed by atoms with E-state index in [1.165, 1.54) is 31.2 Å². The van der Waals surface area contributed by atoms with E-state index in [1.54, 1.807) is 0 Å². The van der Waals surface area contributed by atoms with Gasteiger partial charge < -0.3 is 9.84 Å². The van der Waals surface area contributed by atoms with Gasteiger partial charge in [0, 0.05) is 0 Å². The number of aliphatic hydroxyl groups is 1. The molecule has 0 saturated heterocycles. The number of ether oxygens (including phenoxy) is 1. The van der Waals surface area contributed by atoms with E-state index in [9.17, 15) is 36.2 Å². The van der Waals surface area contributed by atoms with Crippen LogP contribution in [0.15, 0.2) is 45.3 Å². The van der Waals surface area contributed by atoms with Crippen LogP contribution in [0.25, 0.3) is 0 Å². The van der Waals surface area contributed by atoms with Crippen molar-refractivity contribution in [3.05, 3.63) is 68.1 Å². The average Bonchev–Trinajstić information content (AvgIpc) is 2.65. The molecule has 0 radical (unpaired) electrons. The number of halogens is 8. The van der Waals surface area contributed by atoms with Crippen LogP contribution < -0.4 is 0 Å². The third kappa shape index (κ3) is 6.23. The lowest BCUT2D eigenvalue weighted by atomic mass is 9.93. The van der Waals surface area contributed by atoms with E-state index < -0.39 is 46.2 Å². The molecule has 0 aliphatic rings. The van der Waals surface area contributed by atoms with Gasteiger partial charge in [-0.3, -0.25) is 0 Å². The van der Waals surface area contributed by atoms with Gasteiger partial charge >= 0.3 is 17.8 Å². The highest BCUT2D eigenvalue weighted by Gasteiger charge is 2.49. The molecule has 3 nitrogen and oxygen atoms in total. The molecule has 0 aliphatic carbocycles. The van der Waals surface area contributed by atoms with Crippen LogP contribution in [0.1, 0.15) is 31.9 Å². The van der Waals surface area contributed by atoms with Gasteiger partial charge in [-0.05, 0) is 76.9 Å².